The van der Waals surface area contributed by atoms with Gasteiger partial charge in [-0.1, -0.05) is 17.3 Å². The normalized spacial score (nSPS) is 12.1. The van der Waals surface area contributed by atoms with E-state index in [0.717, 1.165) is 0 Å². The van der Waals surface area contributed by atoms with Crippen molar-refractivity contribution in [2.45, 2.75) is 20.0 Å². The average Bonchev–Trinajstić information content (AvgIpc) is 3.21. The lowest BCUT2D eigenvalue weighted by Crippen LogP contribution is -2.10. The predicted octanol–water partition coefficient (Wildman–Crippen LogP) is 2.83. The Balaban J connectivity index is 1.75. The van der Waals surface area contributed by atoms with Crippen LogP contribution in [0.25, 0.3) is 11.4 Å². The Morgan fingerprint density at radius 1 is 1.39 bits per heavy atom. The Morgan fingerprint density at radius 2 is 2.22 bits per heavy atom. The summed E-state index contributed by atoms with van der Waals surface area (Å²) >= 11 is 0. The van der Waals surface area contributed by atoms with E-state index in [1.807, 2.05) is 0 Å². The van der Waals surface area contributed by atoms with Gasteiger partial charge >= 0.3 is 5.97 Å². The molecule has 3 rings (SSSR count). The van der Waals surface area contributed by atoms with Crippen molar-refractivity contribution >= 4 is 5.97 Å². The molecular weight excluding hydrogens is 303 g/mol. The number of aromatic amines is 1. The number of carbonyl (C=O) groups excluding carboxylic acids is 1. The van der Waals surface area contributed by atoms with Gasteiger partial charge in [-0.05, 0) is 31.5 Å². The van der Waals surface area contributed by atoms with Crippen molar-refractivity contribution in [3.05, 3.63) is 53.4 Å². The number of aromatic nitrogens is 4. The first kappa shape index (κ1) is 14.9. The molecule has 1 atom stereocenters. The number of hydrogen-bond acceptors (Lipinski definition) is 6. The zero-order valence-corrected chi connectivity index (χ0v) is 12.4. The second-order valence-electron chi connectivity index (χ2n) is 4.94. The topological polar surface area (TPSA) is 93.9 Å². The van der Waals surface area contributed by atoms with E-state index in [1.165, 1.54) is 18.3 Å². The van der Waals surface area contributed by atoms with Crippen LogP contribution in [0.15, 0.2) is 35.0 Å². The van der Waals surface area contributed by atoms with Gasteiger partial charge in [-0.25, -0.2) is 9.18 Å². The van der Waals surface area contributed by atoms with Gasteiger partial charge in [0.15, 0.2) is 6.10 Å². The van der Waals surface area contributed by atoms with Crippen LogP contribution >= 0.6 is 0 Å². The summed E-state index contributed by atoms with van der Waals surface area (Å²) < 4.78 is 23.9. The lowest BCUT2D eigenvalue weighted by Gasteiger charge is -2.07. The van der Waals surface area contributed by atoms with Crippen LogP contribution in [0, 0.1) is 12.7 Å². The third-order valence-electron chi connectivity index (χ3n) is 3.22. The predicted molar refractivity (Wildman–Crippen MR) is 76.8 cm³/mol. The highest BCUT2D eigenvalue weighted by Crippen LogP contribution is 2.22. The molecule has 2 aromatic heterocycles. The second kappa shape index (κ2) is 5.99. The number of H-pyrrole nitrogens is 1. The van der Waals surface area contributed by atoms with Gasteiger partial charge in [-0.2, -0.15) is 10.1 Å². The lowest BCUT2D eigenvalue weighted by atomic mass is 10.1. The molecule has 0 saturated carbocycles. The van der Waals surface area contributed by atoms with Crippen molar-refractivity contribution in [1.82, 2.24) is 20.3 Å². The maximum absolute atomic E-state index is 13.6. The number of halogens is 1. The quantitative estimate of drug-likeness (QED) is 0.744. The molecule has 0 aliphatic heterocycles. The highest BCUT2D eigenvalue weighted by molar-refractivity contribution is 5.87. The second-order valence-corrected chi connectivity index (χ2v) is 4.94. The van der Waals surface area contributed by atoms with Crippen LogP contribution in [0.2, 0.25) is 0 Å². The van der Waals surface area contributed by atoms with Gasteiger partial charge in [-0.3, -0.25) is 5.10 Å². The van der Waals surface area contributed by atoms with E-state index in [9.17, 15) is 9.18 Å². The van der Waals surface area contributed by atoms with Crippen LogP contribution in [0.1, 0.15) is 35.0 Å². The van der Waals surface area contributed by atoms with E-state index in [4.69, 9.17) is 9.26 Å². The summed E-state index contributed by atoms with van der Waals surface area (Å²) in [6.07, 6.45) is 0.695. The zero-order chi connectivity index (χ0) is 16.4. The van der Waals surface area contributed by atoms with Gasteiger partial charge in [0, 0.05) is 11.8 Å². The first-order chi connectivity index (χ1) is 11.0. The smallest absolute Gasteiger partial charge is 0.357 e. The van der Waals surface area contributed by atoms with Crippen molar-refractivity contribution in [2.24, 2.45) is 0 Å². The van der Waals surface area contributed by atoms with Crippen molar-refractivity contribution in [2.75, 3.05) is 0 Å². The molecular formula is C15H13FN4O3. The van der Waals surface area contributed by atoms with Crippen LogP contribution in [-0.4, -0.2) is 26.3 Å². The minimum atomic E-state index is -0.748. The molecule has 23 heavy (non-hydrogen) atoms. The minimum Gasteiger partial charge on any atom is -0.448 e. The van der Waals surface area contributed by atoms with E-state index in [-0.39, 0.29) is 23.2 Å². The van der Waals surface area contributed by atoms with E-state index in [2.05, 4.69) is 20.3 Å². The third-order valence-corrected chi connectivity index (χ3v) is 3.22. The Morgan fingerprint density at radius 3 is 2.91 bits per heavy atom. The first-order valence-electron chi connectivity index (χ1n) is 6.85. The van der Waals surface area contributed by atoms with Crippen LogP contribution in [-0.2, 0) is 4.74 Å². The molecule has 0 radical (unpaired) electrons. The molecule has 7 nitrogen and oxygen atoms in total. The highest BCUT2D eigenvalue weighted by Gasteiger charge is 2.21. The van der Waals surface area contributed by atoms with E-state index in [1.54, 1.807) is 26.0 Å². The maximum atomic E-state index is 13.6. The summed E-state index contributed by atoms with van der Waals surface area (Å²) in [5, 5.41) is 9.96. The summed E-state index contributed by atoms with van der Waals surface area (Å²) in [5.74, 6) is -0.596. The molecule has 3 aromatic rings. The number of aryl methyl sites for hydroxylation is 1. The summed E-state index contributed by atoms with van der Waals surface area (Å²) in [6, 6.07) is 6.13. The fourth-order valence-corrected chi connectivity index (χ4v) is 1.89. The molecule has 0 saturated heterocycles. The molecule has 0 spiro atoms. The monoisotopic (exact) mass is 316 g/mol. The number of ether oxygens (including phenoxy) is 1. The zero-order valence-electron chi connectivity index (χ0n) is 12.4. The molecule has 8 heteroatoms. The van der Waals surface area contributed by atoms with Crippen molar-refractivity contribution in [1.29, 1.82) is 0 Å². The Labute approximate surface area is 130 Å². The van der Waals surface area contributed by atoms with Crippen LogP contribution in [0.5, 0.6) is 0 Å². The molecule has 0 fully saturated rings. The average molecular weight is 316 g/mol. The van der Waals surface area contributed by atoms with E-state index < -0.39 is 12.1 Å². The molecule has 0 amide bonds. The Bertz CT molecular complexity index is 829. The van der Waals surface area contributed by atoms with Gasteiger partial charge in [-0.15, -0.1) is 0 Å². The van der Waals surface area contributed by atoms with Crippen molar-refractivity contribution in [3.8, 4) is 11.4 Å². The van der Waals surface area contributed by atoms with Gasteiger partial charge in [0.05, 0.1) is 0 Å². The first-order valence-corrected chi connectivity index (χ1v) is 6.85. The molecule has 0 unspecified atom stereocenters. The SMILES string of the molecule is Cc1ccc(-c2noc([C@@H](C)OC(=O)c3ccn[nH]3)n2)cc1F. The molecule has 1 aromatic carbocycles. The largest absolute Gasteiger partial charge is 0.448 e. The molecule has 1 N–H and O–H groups in total. The van der Waals surface area contributed by atoms with E-state index in [0.29, 0.717) is 11.1 Å². The van der Waals surface area contributed by atoms with Crippen LogP contribution in [0.3, 0.4) is 0 Å². The van der Waals surface area contributed by atoms with Gasteiger partial charge in [0.2, 0.25) is 5.82 Å². The maximum Gasteiger partial charge on any atom is 0.357 e. The molecule has 0 aliphatic rings. The fraction of sp³-hybridized carbons (Fsp3) is 0.200. The summed E-state index contributed by atoms with van der Waals surface area (Å²) in [7, 11) is 0. The van der Waals surface area contributed by atoms with Gasteiger partial charge in [0.1, 0.15) is 11.5 Å². The summed E-state index contributed by atoms with van der Waals surface area (Å²) in [4.78, 5) is 16.0. The van der Waals surface area contributed by atoms with Crippen LogP contribution < -0.4 is 0 Å². The Hall–Kier alpha value is -3.03. The number of benzene rings is 1. The molecule has 2 heterocycles. The molecule has 0 aliphatic carbocycles. The fourth-order valence-electron chi connectivity index (χ4n) is 1.89. The number of hydrogen-bond donors (Lipinski definition) is 1. The third kappa shape index (κ3) is 3.10. The highest BCUT2D eigenvalue weighted by atomic mass is 19.1. The van der Waals surface area contributed by atoms with Gasteiger partial charge in [0.25, 0.3) is 5.89 Å². The van der Waals surface area contributed by atoms with Crippen molar-refractivity contribution < 1.29 is 18.4 Å². The molecule has 118 valence electrons. The lowest BCUT2D eigenvalue weighted by molar-refractivity contribution is 0.0258. The standard InChI is InChI=1S/C15H13FN4O3/c1-8-3-4-10(7-11(8)16)13-18-14(23-20-13)9(2)22-15(21)12-5-6-17-19-12/h3-7,9H,1-2H3,(H,17,19)/t9-/m1/s1. The number of carbonyl (C=O) groups is 1. The van der Waals surface area contributed by atoms with Gasteiger partial charge < -0.3 is 9.26 Å². The Kier molecular flexibility index (Phi) is 3.88. The number of esters is 1. The number of nitrogens with one attached hydrogen (secondary N) is 1. The van der Waals surface area contributed by atoms with E-state index >= 15 is 0 Å². The minimum absolute atomic E-state index is 0.119. The number of rotatable bonds is 4. The molecule has 0 bridgehead atoms. The van der Waals surface area contributed by atoms with Crippen LogP contribution in [0.4, 0.5) is 4.39 Å². The number of nitrogens with zero attached hydrogens (tertiary/aromatic N) is 3. The van der Waals surface area contributed by atoms with Crippen molar-refractivity contribution in [3.63, 3.8) is 0 Å². The summed E-state index contributed by atoms with van der Waals surface area (Å²) in [5.41, 5.74) is 1.23. The summed E-state index contributed by atoms with van der Waals surface area (Å²) in [6.45, 7) is 3.26.